The normalized spacial score (nSPS) is 20.4. The van der Waals surface area contributed by atoms with Gasteiger partial charge in [0.1, 0.15) is 18.0 Å². The second kappa shape index (κ2) is 6.91. The number of nitrogens with zero attached hydrogens (tertiary/aromatic N) is 1. The van der Waals surface area contributed by atoms with Gasteiger partial charge in [0.05, 0.1) is 9.82 Å². The Hall–Kier alpha value is -2.55. The third-order valence-electron chi connectivity index (χ3n) is 3.58. The lowest BCUT2D eigenvalue weighted by Crippen LogP contribution is -2.24. The number of carbonyl (C=O) groups excluding carboxylic acids is 2. The van der Waals surface area contributed by atoms with E-state index >= 15 is 0 Å². The SMILES string of the molecule is CS(=O)(=O)c1ccc(C(=O)OC2CC=CC(C=O)C2)c([N+](=O)[O-])c1. The average molecular weight is 353 g/mol. The molecule has 1 aromatic carbocycles. The van der Waals surface area contributed by atoms with Crippen molar-refractivity contribution in [3.8, 4) is 0 Å². The van der Waals surface area contributed by atoms with Crippen molar-refractivity contribution < 1.29 is 27.7 Å². The van der Waals surface area contributed by atoms with E-state index in [1.165, 1.54) is 0 Å². The number of benzene rings is 1. The number of sulfone groups is 1. The molecule has 9 heteroatoms. The number of carbonyl (C=O) groups is 2. The van der Waals surface area contributed by atoms with Gasteiger partial charge in [-0.1, -0.05) is 12.2 Å². The third-order valence-corrected chi connectivity index (χ3v) is 4.69. The molecule has 24 heavy (non-hydrogen) atoms. The smallest absolute Gasteiger partial charge is 0.345 e. The first-order valence-corrected chi connectivity index (χ1v) is 8.93. The maximum atomic E-state index is 12.2. The minimum Gasteiger partial charge on any atom is -0.458 e. The van der Waals surface area contributed by atoms with Crippen molar-refractivity contribution in [3.05, 3.63) is 46.0 Å². The first-order valence-electron chi connectivity index (χ1n) is 7.04. The van der Waals surface area contributed by atoms with Gasteiger partial charge in [-0.15, -0.1) is 0 Å². The Morgan fingerprint density at radius 3 is 2.71 bits per heavy atom. The van der Waals surface area contributed by atoms with Crippen molar-refractivity contribution >= 4 is 27.8 Å². The Kier molecular flexibility index (Phi) is 5.13. The van der Waals surface area contributed by atoms with Crippen LogP contribution in [0, 0.1) is 16.0 Å². The molecule has 0 bridgehead atoms. The molecule has 0 aliphatic heterocycles. The van der Waals surface area contributed by atoms with Crippen molar-refractivity contribution in [1.82, 2.24) is 0 Å². The Morgan fingerprint density at radius 2 is 2.12 bits per heavy atom. The summed E-state index contributed by atoms with van der Waals surface area (Å²) in [6.45, 7) is 0. The number of allylic oxidation sites excluding steroid dienone is 1. The van der Waals surface area contributed by atoms with E-state index < -0.39 is 32.5 Å². The summed E-state index contributed by atoms with van der Waals surface area (Å²) < 4.78 is 28.2. The molecule has 8 nitrogen and oxygen atoms in total. The zero-order chi connectivity index (χ0) is 17.9. The summed E-state index contributed by atoms with van der Waals surface area (Å²) in [4.78, 5) is 33.1. The zero-order valence-electron chi connectivity index (χ0n) is 12.7. The lowest BCUT2D eigenvalue weighted by molar-refractivity contribution is -0.385. The molecule has 2 unspecified atom stereocenters. The van der Waals surface area contributed by atoms with Gasteiger partial charge >= 0.3 is 5.97 Å². The van der Waals surface area contributed by atoms with Crippen LogP contribution in [0.2, 0.25) is 0 Å². The summed E-state index contributed by atoms with van der Waals surface area (Å²) in [5.74, 6) is -1.29. The molecule has 1 aliphatic carbocycles. The molecule has 0 N–H and O–H groups in total. The molecule has 0 amide bonds. The highest BCUT2D eigenvalue weighted by Crippen LogP contribution is 2.26. The van der Waals surface area contributed by atoms with Crippen LogP contribution in [0.3, 0.4) is 0 Å². The summed E-state index contributed by atoms with van der Waals surface area (Å²) in [5, 5.41) is 11.1. The fourth-order valence-corrected chi connectivity index (χ4v) is 3.00. The molecule has 1 aliphatic rings. The molecule has 0 spiro atoms. The second-order valence-electron chi connectivity index (χ2n) is 5.44. The van der Waals surface area contributed by atoms with Crippen LogP contribution in [0.5, 0.6) is 0 Å². The molecule has 2 atom stereocenters. The molecule has 1 aromatic rings. The van der Waals surface area contributed by atoms with Crippen LogP contribution in [0.1, 0.15) is 23.2 Å². The summed E-state index contributed by atoms with van der Waals surface area (Å²) >= 11 is 0. The Balaban J connectivity index is 2.27. The first-order chi connectivity index (χ1) is 11.2. The molecule has 0 radical (unpaired) electrons. The molecular weight excluding hydrogens is 338 g/mol. The van der Waals surface area contributed by atoms with Crippen LogP contribution in [0.25, 0.3) is 0 Å². The van der Waals surface area contributed by atoms with Crippen LogP contribution < -0.4 is 0 Å². The maximum Gasteiger partial charge on any atom is 0.345 e. The second-order valence-corrected chi connectivity index (χ2v) is 7.45. The van der Waals surface area contributed by atoms with Crippen molar-refractivity contribution in [3.63, 3.8) is 0 Å². The highest BCUT2D eigenvalue weighted by molar-refractivity contribution is 7.90. The van der Waals surface area contributed by atoms with Crippen LogP contribution in [-0.2, 0) is 19.4 Å². The standard InChI is InChI=1S/C15H15NO7S/c1-24(21,22)12-5-6-13(14(8-12)16(19)20)15(18)23-11-4-2-3-10(7-11)9-17/h2-3,5-6,8-11H,4,7H2,1H3. The number of hydrogen-bond donors (Lipinski definition) is 0. The molecule has 128 valence electrons. The van der Waals surface area contributed by atoms with Gasteiger partial charge in [0, 0.05) is 24.7 Å². The van der Waals surface area contributed by atoms with Crippen molar-refractivity contribution in [2.75, 3.05) is 6.26 Å². The fraction of sp³-hybridized carbons (Fsp3) is 0.333. The minimum absolute atomic E-state index is 0.257. The van der Waals surface area contributed by atoms with Crippen LogP contribution in [0.15, 0.2) is 35.2 Å². The quantitative estimate of drug-likeness (QED) is 0.260. The summed E-state index contributed by atoms with van der Waals surface area (Å²) in [7, 11) is -3.64. The topological polar surface area (TPSA) is 121 Å². The van der Waals surface area contributed by atoms with Crippen molar-refractivity contribution in [2.45, 2.75) is 23.8 Å². The fourth-order valence-electron chi connectivity index (χ4n) is 2.36. The summed E-state index contributed by atoms with van der Waals surface area (Å²) in [6.07, 6.45) is 5.22. The van der Waals surface area contributed by atoms with Crippen molar-refractivity contribution in [2.24, 2.45) is 5.92 Å². The van der Waals surface area contributed by atoms with E-state index in [4.69, 9.17) is 4.74 Å². The maximum absolute atomic E-state index is 12.2. The number of ether oxygens (including phenoxy) is 1. The number of nitro groups is 1. The molecular formula is C15H15NO7S. The first kappa shape index (κ1) is 17.8. The predicted octanol–water partition coefficient (Wildman–Crippen LogP) is 1.69. The van der Waals surface area contributed by atoms with E-state index in [0.29, 0.717) is 12.8 Å². The van der Waals surface area contributed by atoms with Gasteiger partial charge in [0.15, 0.2) is 9.84 Å². The monoisotopic (exact) mass is 353 g/mol. The lowest BCUT2D eigenvalue weighted by Gasteiger charge is -2.21. The van der Waals surface area contributed by atoms with Gasteiger partial charge in [-0.3, -0.25) is 10.1 Å². The number of nitro benzene ring substituents is 1. The molecule has 0 saturated heterocycles. The average Bonchev–Trinajstić information content (AvgIpc) is 2.53. The molecule has 0 saturated carbocycles. The number of hydrogen-bond acceptors (Lipinski definition) is 7. The van der Waals surface area contributed by atoms with E-state index in [1.807, 2.05) is 0 Å². The molecule has 0 fully saturated rings. The van der Waals surface area contributed by atoms with E-state index in [1.54, 1.807) is 12.2 Å². The van der Waals surface area contributed by atoms with Gasteiger partial charge in [-0.2, -0.15) is 0 Å². The minimum atomic E-state index is -3.64. The van der Waals surface area contributed by atoms with E-state index in [-0.39, 0.29) is 16.4 Å². The number of esters is 1. The number of rotatable bonds is 5. The zero-order valence-corrected chi connectivity index (χ0v) is 13.6. The molecule has 2 rings (SSSR count). The van der Waals surface area contributed by atoms with Crippen molar-refractivity contribution in [1.29, 1.82) is 0 Å². The lowest BCUT2D eigenvalue weighted by atomic mass is 9.95. The van der Waals surface area contributed by atoms with E-state index in [0.717, 1.165) is 30.7 Å². The van der Waals surface area contributed by atoms with E-state index in [9.17, 15) is 28.1 Å². The van der Waals surface area contributed by atoms with Gasteiger partial charge in [-0.25, -0.2) is 13.2 Å². The predicted molar refractivity (Wildman–Crippen MR) is 83.3 cm³/mol. The molecule has 0 heterocycles. The number of aldehydes is 1. The van der Waals surface area contributed by atoms with Gasteiger partial charge in [0.2, 0.25) is 0 Å². The third kappa shape index (κ3) is 4.05. The van der Waals surface area contributed by atoms with Crippen LogP contribution >= 0.6 is 0 Å². The Bertz CT molecular complexity index is 813. The highest BCUT2D eigenvalue weighted by atomic mass is 32.2. The highest BCUT2D eigenvalue weighted by Gasteiger charge is 2.27. The Morgan fingerprint density at radius 1 is 1.42 bits per heavy atom. The van der Waals surface area contributed by atoms with E-state index in [2.05, 4.69) is 0 Å². The summed E-state index contributed by atoms with van der Waals surface area (Å²) in [5.41, 5.74) is -0.967. The van der Waals surface area contributed by atoms with Gasteiger partial charge < -0.3 is 9.53 Å². The largest absolute Gasteiger partial charge is 0.458 e. The van der Waals surface area contributed by atoms with Crippen LogP contribution in [0.4, 0.5) is 5.69 Å². The van der Waals surface area contributed by atoms with Gasteiger partial charge in [0.25, 0.3) is 5.69 Å². The molecule has 0 aromatic heterocycles. The summed E-state index contributed by atoms with van der Waals surface area (Å²) in [6, 6.07) is 3.02. The van der Waals surface area contributed by atoms with Gasteiger partial charge in [-0.05, 0) is 18.6 Å². The van der Waals surface area contributed by atoms with Crippen LogP contribution in [-0.4, -0.2) is 38.0 Å². The Labute approximate surface area is 138 Å².